The Morgan fingerprint density at radius 2 is 1.81 bits per heavy atom. The van der Waals surface area contributed by atoms with Gasteiger partial charge in [0, 0.05) is 24.8 Å². The molecule has 110 valence electrons. The molecule has 0 aliphatic carbocycles. The van der Waals surface area contributed by atoms with Crippen molar-refractivity contribution in [2.45, 2.75) is 20.4 Å². The summed E-state index contributed by atoms with van der Waals surface area (Å²) in [6, 6.07) is 14.2. The molecule has 0 aliphatic rings. The quantitative estimate of drug-likeness (QED) is 0.392. The summed E-state index contributed by atoms with van der Waals surface area (Å²) < 4.78 is 0. The van der Waals surface area contributed by atoms with E-state index in [1.165, 1.54) is 22.4 Å². The summed E-state index contributed by atoms with van der Waals surface area (Å²) in [6.07, 6.45) is 0. The van der Waals surface area contributed by atoms with E-state index in [-0.39, 0.29) is 5.84 Å². The number of hydrogen-bond acceptors (Lipinski definition) is 3. The number of hydrogen-bond donors (Lipinski definition) is 2. The molecule has 0 heterocycles. The highest BCUT2D eigenvalue weighted by Crippen LogP contribution is 2.21. The van der Waals surface area contributed by atoms with Gasteiger partial charge in [-0.05, 0) is 31.0 Å². The van der Waals surface area contributed by atoms with E-state index in [0.717, 1.165) is 12.1 Å². The average Bonchev–Trinajstić information content (AvgIpc) is 2.47. The van der Waals surface area contributed by atoms with E-state index in [4.69, 9.17) is 10.9 Å². The summed E-state index contributed by atoms with van der Waals surface area (Å²) in [5.41, 5.74) is 11.2. The van der Waals surface area contributed by atoms with Gasteiger partial charge in [0.15, 0.2) is 5.84 Å². The summed E-state index contributed by atoms with van der Waals surface area (Å²) in [6.45, 7) is 5.03. The summed E-state index contributed by atoms with van der Waals surface area (Å²) >= 11 is 0. The van der Waals surface area contributed by atoms with Crippen molar-refractivity contribution < 1.29 is 5.21 Å². The molecule has 0 unspecified atom stereocenters. The molecule has 21 heavy (non-hydrogen) atoms. The number of nitrogens with zero attached hydrogens (tertiary/aromatic N) is 2. The molecule has 4 heteroatoms. The first-order valence-electron chi connectivity index (χ1n) is 6.86. The van der Waals surface area contributed by atoms with Crippen LogP contribution in [-0.2, 0) is 6.54 Å². The standard InChI is InChI=1S/C17H21N3O/c1-12-4-9-16(13(2)10-12)20(3)11-14-5-7-15(8-6-14)17(18)19-21/h4-10,21H,11H2,1-3H3,(H2,18,19). The van der Waals surface area contributed by atoms with Crippen molar-refractivity contribution in [2.75, 3.05) is 11.9 Å². The highest BCUT2D eigenvalue weighted by Gasteiger charge is 2.06. The lowest BCUT2D eigenvalue weighted by molar-refractivity contribution is 0.318. The topological polar surface area (TPSA) is 61.8 Å². The van der Waals surface area contributed by atoms with E-state index in [2.05, 4.69) is 49.1 Å². The van der Waals surface area contributed by atoms with Crippen molar-refractivity contribution in [1.82, 2.24) is 0 Å². The van der Waals surface area contributed by atoms with Gasteiger partial charge in [0.05, 0.1) is 0 Å². The van der Waals surface area contributed by atoms with Crippen LogP contribution < -0.4 is 10.6 Å². The molecule has 3 N–H and O–H groups in total. The Labute approximate surface area is 125 Å². The number of anilines is 1. The largest absolute Gasteiger partial charge is 0.409 e. The van der Waals surface area contributed by atoms with Gasteiger partial charge in [-0.15, -0.1) is 0 Å². The van der Waals surface area contributed by atoms with Crippen molar-refractivity contribution in [3.05, 3.63) is 64.7 Å². The van der Waals surface area contributed by atoms with Crippen molar-refractivity contribution in [1.29, 1.82) is 0 Å². The van der Waals surface area contributed by atoms with Gasteiger partial charge in [-0.2, -0.15) is 0 Å². The number of benzene rings is 2. The number of nitrogens with two attached hydrogens (primary N) is 1. The predicted octanol–water partition coefficient (Wildman–Crippen LogP) is 3.03. The summed E-state index contributed by atoms with van der Waals surface area (Å²) in [7, 11) is 2.08. The summed E-state index contributed by atoms with van der Waals surface area (Å²) in [4.78, 5) is 2.22. The Hall–Kier alpha value is -2.49. The Morgan fingerprint density at radius 1 is 1.14 bits per heavy atom. The lowest BCUT2D eigenvalue weighted by Crippen LogP contribution is -2.18. The zero-order valence-electron chi connectivity index (χ0n) is 12.7. The van der Waals surface area contributed by atoms with Crippen LogP contribution in [0.5, 0.6) is 0 Å². The monoisotopic (exact) mass is 283 g/mol. The van der Waals surface area contributed by atoms with E-state index >= 15 is 0 Å². The van der Waals surface area contributed by atoms with Crippen LogP contribution in [0.15, 0.2) is 47.6 Å². The van der Waals surface area contributed by atoms with E-state index < -0.39 is 0 Å². The minimum atomic E-state index is 0.129. The first-order chi connectivity index (χ1) is 10.0. The van der Waals surface area contributed by atoms with Crippen LogP contribution >= 0.6 is 0 Å². The smallest absolute Gasteiger partial charge is 0.170 e. The molecular formula is C17H21N3O. The first-order valence-corrected chi connectivity index (χ1v) is 6.86. The number of aryl methyl sites for hydroxylation is 2. The van der Waals surface area contributed by atoms with Gasteiger partial charge in [-0.1, -0.05) is 47.1 Å². The summed E-state index contributed by atoms with van der Waals surface area (Å²) in [5, 5.41) is 11.7. The van der Waals surface area contributed by atoms with E-state index in [9.17, 15) is 0 Å². The fourth-order valence-electron chi connectivity index (χ4n) is 2.43. The van der Waals surface area contributed by atoms with Crippen LogP contribution in [0.3, 0.4) is 0 Å². The molecule has 0 aliphatic heterocycles. The molecule has 0 aromatic heterocycles. The first kappa shape index (κ1) is 14.9. The highest BCUT2D eigenvalue weighted by atomic mass is 16.4. The van der Waals surface area contributed by atoms with Crippen LogP contribution in [0, 0.1) is 13.8 Å². The third kappa shape index (κ3) is 3.54. The molecular weight excluding hydrogens is 262 g/mol. The highest BCUT2D eigenvalue weighted by molar-refractivity contribution is 5.96. The third-order valence-electron chi connectivity index (χ3n) is 3.54. The maximum absolute atomic E-state index is 8.66. The number of rotatable bonds is 4. The van der Waals surface area contributed by atoms with Gasteiger partial charge in [0.25, 0.3) is 0 Å². The predicted molar refractivity (Wildman–Crippen MR) is 87.0 cm³/mol. The molecule has 0 saturated heterocycles. The van der Waals surface area contributed by atoms with Crippen LogP contribution in [0.25, 0.3) is 0 Å². The second-order valence-electron chi connectivity index (χ2n) is 5.33. The second kappa shape index (κ2) is 6.31. The maximum Gasteiger partial charge on any atom is 0.170 e. The van der Waals surface area contributed by atoms with Crippen molar-refractivity contribution in [2.24, 2.45) is 10.9 Å². The molecule has 0 atom stereocenters. The molecule has 0 saturated carbocycles. The van der Waals surface area contributed by atoms with E-state index in [1.807, 2.05) is 24.3 Å². The van der Waals surface area contributed by atoms with Gasteiger partial charge in [-0.25, -0.2) is 0 Å². The maximum atomic E-state index is 8.66. The SMILES string of the molecule is Cc1ccc(N(C)Cc2ccc(C(N)=NO)cc2)c(C)c1. The summed E-state index contributed by atoms with van der Waals surface area (Å²) in [5.74, 6) is 0.129. The minimum Gasteiger partial charge on any atom is -0.409 e. The lowest BCUT2D eigenvalue weighted by Gasteiger charge is -2.22. The molecule has 2 rings (SSSR count). The van der Waals surface area contributed by atoms with Crippen LogP contribution in [0.4, 0.5) is 5.69 Å². The third-order valence-corrected chi connectivity index (χ3v) is 3.54. The van der Waals surface area contributed by atoms with Crippen molar-refractivity contribution >= 4 is 11.5 Å². The van der Waals surface area contributed by atoms with Crippen molar-refractivity contribution in [3.63, 3.8) is 0 Å². The molecule has 0 spiro atoms. The molecule has 2 aromatic rings. The lowest BCUT2D eigenvalue weighted by atomic mass is 10.1. The zero-order chi connectivity index (χ0) is 15.4. The number of oxime groups is 1. The fraction of sp³-hybridized carbons (Fsp3) is 0.235. The van der Waals surface area contributed by atoms with Gasteiger partial charge < -0.3 is 15.8 Å². The van der Waals surface area contributed by atoms with E-state index in [0.29, 0.717) is 0 Å². The van der Waals surface area contributed by atoms with E-state index in [1.54, 1.807) is 0 Å². The molecule has 0 radical (unpaired) electrons. The van der Waals surface area contributed by atoms with Crippen LogP contribution in [0.1, 0.15) is 22.3 Å². The molecule has 2 aromatic carbocycles. The Bertz CT molecular complexity index is 648. The Balaban J connectivity index is 2.14. The van der Waals surface area contributed by atoms with Gasteiger partial charge >= 0.3 is 0 Å². The average molecular weight is 283 g/mol. The van der Waals surface area contributed by atoms with Crippen LogP contribution in [0.2, 0.25) is 0 Å². The Kier molecular flexibility index (Phi) is 4.48. The molecule has 0 amide bonds. The van der Waals surface area contributed by atoms with Gasteiger partial charge in [-0.3, -0.25) is 0 Å². The number of amidine groups is 1. The minimum absolute atomic E-state index is 0.129. The fourth-order valence-corrected chi connectivity index (χ4v) is 2.43. The zero-order valence-corrected chi connectivity index (χ0v) is 12.7. The van der Waals surface area contributed by atoms with Gasteiger partial charge in [0.1, 0.15) is 0 Å². The Morgan fingerprint density at radius 3 is 2.38 bits per heavy atom. The molecule has 0 bridgehead atoms. The molecule has 0 fully saturated rings. The van der Waals surface area contributed by atoms with Crippen LogP contribution in [-0.4, -0.2) is 18.1 Å². The van der Waals surface area contributed by atoms with Crippen molar-refractivity contribution in [3.8, 4) is 0 Å². The van der Waals surface area contributed by atoms with Gasteiger partial charge in [0.2, 0.25) is 0 Å². The second-order valence-corrected chi connectivity index (χ2v) is 5.33. The molecule has 4 nitrogen and oxygen atoms in total. The normalized spacial score (nSPS) is 11.5.